The minimum absolute atomic E-state index is 0.886. The summed E-state index contributed by atoms with van der Waals surface area (Å²) < 4.78 is 0. The van der Waals surface area contributed by atoms with E-state index in [4.69, 9.17) is 11.6 Å². The normalized spacial score (nSPS) is 10.8. The van der Waals surface area contributed by atoms with Crippen molar-refractivity contribution < 1.29 is 0 Å². The van der Waals surface area contributed by atoms with Crippen LogP contribution < -0.4 is 0 Å². The van der Waals surface area contributed by atoms with Crippen molar-refractivity contribution >= 4 is 17.3 Å². The topological polar surface area (TPSA) is 12.4 Å². The second kappa shape index (κ2) is 6.96. The molecule has 0 unspecified atom stereocenters. The molecule has 0 saturated heterocycles. The lowest BCUT2D eigenvalue weighted by Crippen LogP contribution is -1.78. The van der Waals surface area contributed by atoms with Crippen LogP contribution in [0, 0.1) is 0 Å². The zero-order chi connectivity index (χ0) is 6.24. The number of hydrogen-bond acceptors (Lipinski definition) is 1. The largest absolute Gasteiger partial charge is 0.281 e. The predicted octanol–water partition coefficient (Wildman–Crippen LogP) is 2.44. The standard InChI is InChI=1S/C6H12ClN/c1-2-3-4-5-8-6-7/h6H,2-5H2,1H3/b8-6+. The van der Waals surface area contributed by atoms with E-state index in [1.165, 1.54) is 24.9 Å². The van der Waals surface area contributed by atoms with Crippen molar-refractivity contribution in [3.8, 4) is 0 Å². The van der Waals surface area contributed by atoms with Gasteiger partial charge in [0, 0.05) is 6.54 Å². The Labute approximate surface area is 55.8 Å². The monoisotopic (exact) mass is 133 g/mol. The van der Waals surface area contributed by atoms with Crippen molar-refractivity contribution in [3.05, 3.63) is 0 Å². The summed E-state index contributed by atoms with van der Waals surface area (Å²) in [4.78, 5) is 3.85. The van der Waals surface area contributed by atoms with Crippen molar-refractivity contribution in [2.24, 2.45) is 4.99 Å². The zero-order valence-electron chi connectivity index (χ0n) is 5.23. The Bertz CT molecular complexity index is 61.5. The van der Waals surface area contributed by atoms with Gasteiger partial charge in [0.25, 0.3) is 0 Å². The third kappa shape index (κ3) is 5.96. The molecular formula is C6H12ClN. The second-order valence-corrected chi connectivity index (χ2v) is 1.91. The molecule has 0 saturated carbocycles. The highest BCUT2D eigenvalue weighted by molar-refractivity contribution is 6.56. The van der Waals surface area contributed by atoms with Gasteiger partial charge in [-0.2, -0.15) is 0 Å². The fourth-order valence-electron chi connectivity index (χ4n) is 0.502. The van der Waals surface area contributed by atoms with E-state index in [9.17, 15) is 0 Å². The fourth-order valence-corrected chi connectivity index (χ4v) is 0.599. The summed E-state index contributed by atoms with van der Waals surface area (Å²) in [5, 5.41) is 0. The van der Waals surface area contributed by atoms with Crippen LogP contribution in [0.5, 0.6) is 0 Å². The lowest BCUT2D eigenvalue weighted by atomic mass is 10.3. The van der Waals surface area contributed by atoms with Gasteiger partial charge >= 0.3 is 0 Å². The quantitative estimate of drug-likeness (QED) is 0.413. The van der Waals surface area contributed by atoms with E-state index in [2.05, 4.69) is 11.9 Å². The molecule has 0 rings (SSSR count). The number of nitrogens with zero attached hydrogens (tertiary/aromatic N) is 1. The van der Waals surface area contributed by atoms with E-state index in [0.29, 0.717) is 0 Å². The van der Waals surface area contributed by atoms with Crippen LogP contribution in [-0.2, 0) is 0 Å². The maximum Gasteiger partial charge on any atom is 0.0871 e. The van der Waals surface area contributed by atoms with Crippen molar-refractivity contribution in [2.45, 2.75) is 26.2 Å². The van der Waals surface area contributed by atoms with Gasteiger partial charge in [0.2, 0.25) is 0 Å². The Morgan fingerprint density at radius 1 is 1.50 bits per heavy atom. The molecule has 2 heteroatoms. The van der Waals surface area contributed by atoms with Crippen molar-refractivity contribution in [1.29, 1.82) is 0 Å². The van der Waals surface area contributed by atoms with Crippen LogP contribution in [0.2, 0.25) is 0 Å². The first-order chi connectivity index (χ1) is 3.91. The summed E-state index contributed by atoms with van der Waals surface area (Å²) in [7, 11) is 0. The molecule has 0 atom stereocenters. The molecule has 0 aliphatic rings. The minimum Gasteiger partial charge on any atom is -0.281 e. The minimum atomic E-state index is 0.886. The number of hydrogen-bond donors (Lipinski definition) is 0. The summed E-state index contributed by atoms with van der Waals surface area (Å²) in [6, 6.07) is 0. The maximum atomic E-state index is 5.19. The third-order valence-corrected chi connectivity index (χ3v) is 1.10. The van der Waals surface area contributed by atoms with E-state index in [1.54, 1.807) is 0 Å². The van der Waals surface area contributed by atoms with Crippen molar-refractivity contribution in [2.75, 3.05) is 6.54 Å². The van der Waals surface area contributed by atoms with Gasteiger partial charge in [-0.1, -0.05) is 31.4 Å². The molecule has 0 aromatic heterocycles. The Kier molecular flexibility index (Phi) is 6.93. The molecule has 0 radical (unpaired) electrons. The molecular weight excluding hydrogens is 122 g/mol. The summed E-state index contributed by atoms with van der Waals surface area (Å²) >= 11 is 5.19. The summed E-state index contributed by atoms with van der Waals surface area (Å²) in [5.41, 5.74) is 1.34. The second-order valence-electron chi connectivity index (χ2n) is 1.71. The summed E-state index contributed by atoms with van der Waals surface area (Å²) in [6.45, 7) is 3.06. The van der Waals surface area contributed by atoms with E-state index in [1.807, 2.05) is 0 Å². The van der Waals surface area contributed by atoms with Gasteiger partial charge < -0.3 is 0 Å². The molecule has 0 aromatic rings. The number of rotatable bonds is 4. The number of aliphatic imine (C=N–C) groups is 1. The molecule has 1 nitrogen and oxygen atoms in total. The van der Waals surface area contributed by atoms with E-state index in [0.717, 1.165) is 6.54 Å². The lowest BCUT2D eigenvalue weighted by molar-refractivity contribution is 0.730. The van der Waals surface area contributed by atoms with Gasteiger partial charge in [-0.3, -0.25) is 4.99 Å². The summed E-state index contributed by atoms with van der Waals surface area (Å²) in [5.74, 6) is 0. The molecule has 0 amide bonds. The van der Waals surface area contributed by atoms with E-state index < -0.39 is 0 Å². The molecule has 0 aliphatic carbocycles. The predicted molar refractivity (Wildman–Crippen MR) is 38.7 cm³/mol. The first-order valence-corrected chi connectivity index (χ1v) is 3.44. The van der Waals surface area contributed by atoms with Gasteiger partial charge in [-0.25, -0.2) is 0 Å². The van der Waals surface area contributed by atoms with Crippen LogP contribution in [0.1, 0.15) is 26.2 Å². The van der Waals surface area contributed by atoms with Crippen LogP contribution in [0.4, 0.5) is 0 Å². The molecule has 8 heavy (non-hydrogen) atoms. The van der Waals surface area contributed by atoms with Gasteiger partial charge in [0.15, 0.2) is 0 Å². The van der Waals surface area contributed by atoms with Crippen molar-refractivity contribution in [1.82, 2.24) is 0 Å². The molecule has 0 heterocycles. The summed E-state index contributed by atoms with van der Waals surface area (Å²) in [6.07, 6.45) is 3.67. The van der Waals surface area contributed by atoms with Crippen LogP contribution in [-0.4, -0.2) is 12.2 Å². The Morgan fingerprint density at radius 3 is 2.75 bits per heavy atom. The first kappa shape index (κ1) is 7.96. The number of unbranched alkanes of at least 4 members (excludes halogenated alkanes) is 2. The lowest BCUT2D eigenvalue weighted by Gasteiger charge is -1.88. The first-order valence-electron chi connectivity index (χ1n) is 3.00. The average Bonchev–Trinajstić information content (AvgIpc) is 1.81. The Balaban J connectivity index is 2.72. The molecule has 0 aliphatic heterocycles. The molecule has 0 spiro atoms. The van der Waals surface area contributed by atoms with Crippen LogP contribution >= 0.6 is 11.6 Å². The average molecular weight is 134 g/mol. The SMILES string of the molecule is CCCCC/N=C/Cl. The molecule has 0 bridgehead atoms. The number of halogens is 1. The van der Waals surface area contributed by atoms with Crippen LogP contribution in [0.3, 0.4) is 0 Å². The zero-order valence-corrected chi connectivity index (χ0v) is 5.99. The van der Waals surface area contributed by atoms with Gasteiger partial charge in [-0.05, 0) is 6.42 Å². The highest BCUT2D eigenvalue weighted by atomic mass is 35.5. The highest BCUT2D eigenvalue weighted by Crippen LogP contribution is 1.92. The van der Waals surface area contributed by atoms with E-state index in [-0.39, 0.29) is 0 Å². The molecule has 0 aromatic carbocycles. The van der Waals surface area contributed by atoms with Gasteiger partial charge in [0.1, 0.15) is 0 Å². The van der Waals surface area contributed by atoms with Gasteiger partial charge in [-0.15, -0.1) is 0 Å². The third-order valence-electron chi connectivity index (χ3n) is 0.960. The molecule has 48 valence electrons. The molecule has 0 fully saturated rings. The van der Waals surface area contributed by atoms with Gasteiger partial charge in [0.05, 0.1) is 5.67 Å². The van der Waals surface area contributed by atoms with Crippen LogP contribution in [0.25, 0.3) is 0 Å². The highest BCUT2D eigenvalue weighted by Gasteiger charge is 1.79. The Morgan fingerprint density at radius 2 is 2.25 bits per heavy atom. The van der Waals surface area contributed by atoms with Crippen LogP contribution in [0.15, 0.2) is 4.99 Å². The maximum absolute atomic E-state index is 5.19. The fraction of sp³-hybridized carbons (Fsp3) is 0.833. The Hall–Kier alpha value is -0.0400. The molecule has 0 N–H and O–H groups in total. The van der Waals surface area contributed by atoms with Crippen molar-refractivity contribution in [3.63, 3.8) is 0 Å². The smallest absolute Gasteiger partial charge is 0.0871 e. The van der Waals surface area contributed by atoms with E-state index >= 15 is 0 Å².